The minimum Gasteiger partial charge on any atom is -0.356 e. The Balaban J connectivity index is 1.38. The van der Waals surface area contributed by atoms with Crippen LogP contribution >= 0.6 is 0 Å². The van der Waals surface area contributed by atoms with Crippen LogP contribution in [0.3, 0.4) is 0 Å². The zero-order valence-electron chi connectivity index (χ0n) is 18.4. The molecule has 2 aromatic heterocycles. The summed E-state index contributed by atoms with van der Waals surface area (Å²) in [5.41, 5.74) is 6.24. The fourth-order valence-corrected chi connectivity index (χ4v) is 3.97. The number of nitrogens with one attached hydrogen (secondary N) is 1. The fourth-order valence-electron chi connectivity index (χ4n) is 3.97. The van der Waals surface area contributed by atoms with Crippen LogP contribution in [0.1, 0.15) is 35.4 Å². The molecule has 6 heteroatoms. The summed E-state index contributed by atoms with van der Waals surface area (Å²) in [7, 11) is 0. The Morgan fingerprint density at radius 2 is 1.84 bits per heavy atom. The monoisotopic (exact) mass is 430 g/mol. The highest BCUT2D eigenvalue weighted by Crippen LogP contribution is 2.23. The highest BCUT2D eigenvalue weighted by atomic mass is 19.1. The minimum absolute atomic E-state index is 0.0397. The second kappa shape index (κ2) is 9.73. The van der Waals surface area contributed by atoms with E-state index in [-0.39, 0.29) is 11.7 Å². The van der Waals surface area contributed by atoms with Crippen molar-refractivity contribution in [1.82, 2.24) is 19.9 Å². The van der Waals surface area contributed by atoms with Crippen LogP contribution in [0.2, 0.25) is 0 Å². The first-order valence-corrected chi connectivity index (χ1v) is 10.9. The number of aromatic nitrogens is 3. The summed E-state index contributed by atoms with van der Waals surface area (Å²) in [5.74, 6) is -0.256. The lowest BCUT2D eigenvalue weighted by Crippen LogP contribution is -2.25. The van der Waals surface area contributed by atoms with Gasteiger partial charge in [0.2, 0.25) is 5.91 Å². The van der Waals surface area contributed by atoms with Gasteiger partial charge in [0.25, 0.3) is 0 Å². The van der Waals surface area contributed by atoms with Crippen molar-refractivity contribution in [1.29, 1.82) is 0 Å². The van der Waals surface area contributed by atoms with Gasteiger partial charge in [0, 0.05) is 36.0 Å². The SMILES string of the molecule is Cc1nc2cc(-c3cccc(F)c3)nn2c(C)c1CCC(=O)NCCCc1ccccc1. The Bertz CT molecular complexity index is 1230. The quantitative estimate of drug-likeness (QED) is 0.407. The van der Waals surface area contributed by atoms with E-state index in [9.17, 15) is 9.18 Å². The average Bonchev–Trinajstić information content (AvgIpc) is 3.21. The number of halogens is 1. The number of benzene rings is 2. The number of carbonyl (C=O) groups is 1. The van der Waals surface area contributed by atoms with Gasteiger partial charge in [-0.3, -0.25) is 4.79 Å². The Kier molecular flexibility index (Phi) is 6.59. The highest BCUT2D eigenvalue weighted by Gasteiger charge is 2.14. The summed E-state index contributed by atoms with van der Waals surface area (Å²) in [5, 5.41) is 7.64. The van der Waals surface area contributed by atoms with Crippen molar-refractivity contribution in [2.75, 3.05) is 6.54 Å². The third-order valence-electron chi connectivity index (χ3n) is 5.69. The predicted molar refractivity (Wildman–Crippen MR) is 124 cm³/mol. The van der Waals surface area contributed by atoms with Crippen LogP contribution < -0.4 is 5.32 Å². The zero-order chi connectivity index (χ0) is 22.5. The molecule has 164 valence electrons. The molecule has 2 aromatic carbocycles. The van der Waals surface area contributed by atoms with Crippen LogP contribution in [-0.4, -0.2) is 27.0 Å². The van der Waals surface area contributed by atoms with Gasteiger partial charge < -0.3 is 5.32 Å². The maximum Gasteiger partial charge on any atom is 0.220 e. The maximum absolute atomic E-state index is 13.6. The van der Waals surface area contributed by atoms with Crippen molar-refractivity contribution in [3.8, 4) is 11.3 Å². The first-order valence-electron chi connectivity index (χ1n) is 10.9. The molecule has 0 aliphatic heterocycles. The first-order chi connectivity index (χ1) is 15.5. The zero-order valence-corrected chi connectivity index (χ0v) is 18.4. The highest BCUT2D eigenvalue weighted by molar-refractivity contribution is 5.76. The van der Waals surface area contributed by atoms with Crippen molar-refractivity contribution < 1.29 is 9.18 Å². The molecule has 0 radical (unpaired) electrons. The molecule has 4 aromatic rings. The van der Waals surface area contributed by atoms with E-state index in [0.29, 0.717) is 36.3 Å². The van der Waals surface area contributed by atoms with E-state index >= 15 is 0 Å². The molecule has 0 saturated heterocycles. The molecule has 0 unspecified atom stereocenters. The van der Waals surface area contributed by atoms with E-state index in [1.54, 1.807) is 10.6 Å². The van der Waals surface area contributed by atoms with E-state index in [1.165, 1.54) is 17.7 Å². The molecular weight excluding hydrogens is 403 g/mol. The molecule has 5 nitrogen and oxygen atoms in total. The molecule has 1 amide bonds. The number of amides is 1. The number of rotatable bonds is 8. The van der Waals surface area contributed by atoms with Crippen LogP contribution in [0.25, 0.3) is 16.9 Å². The Morgan fingerprint density at radius 3 is 2.62 bits per heavy atom. The summed E-state index contributed by atoms with van der Waals surface area (Å²) in [6.45, 7) is 4.60. The molecule has 0 atom stereocenters. The molecule has 0 aliphatic carbocycles. The smallest absolute Gasteiger partial charge is 0.220 e. The summed E-state index contributed by atoms with van der Waals surface area (Å²) in [6, 6.07) is 18.5. The molecule has 0 fully saturated rings. The largest absolute Gasteiger partial charge is 0.356 e. The van der Waals surface area contributed by atoms with Gasteiger partial charge in [-0.2, -0.15) is 5.10 Å². The number of hydrogen-bond acceptors (Lipinski definition) is 3. The van der Waals surface area contributed by atoms with E-state index in [1.807, 2.05) is 44.2 Å². The Hall–Kier alpha value is -3.54. The molecule has 1 N–H and O–H groups in total. The molecule has 0 saturated carbocycles. The van der Waals surface area contributed by atoms with Gasteiger partial charge in [-0.25, -0.2) is 13.9 Å². The third kappa shape index (κ3) is 5.02. The molecular formula is C26H27FN4O. The van der Waals surface area contributed by atoms with Gasteiger partial charge in [-0.1, -0.05) is 42.5 Å². The third-order valence-corrected chi connectivity index (χ3v) is 5.69. The number of hydrogen-bond donors (Lipinski definition) is 1. The van der Waals surface area contributed by atoms with E-state index in [0.717, 1.165) is 29.8 Å². The molecule has 2 heterocycles. The summed E-state index contributed by atoms with van der Waals surface area (Å²) in [6.07, 6.45) is 2.86. The fraction of sp³-hybridized carbons (Fsp3) is 0.269. The maximum atomic E-state index is 13.6. The van der Waals surface area contributed by atoms with Crippen molar-refractivity contribution in [3.05, 3.63) is 89.0 Å². The molecule has 0 spiro atoms. The average molecular weight is 431 g/mol. The summed E-state index contributed by atoms with van der Waals surface area (Å²) < 4.78 is 15.4. The van der Waals surface area contributed by atoms with E-state index in [4.69, 9.17) is 0 Å². The van der Waals surface area contributed by atoms with Crippen LogP contribution in [0, 0.1) is 19.7 Å². The summed E-state index contributed by atoms with van der Waals surface area (Å²) >= 11 is 0. The van der Waals surface area contributed by atoms with Gasteiger partial charge >= 0.3 is 0 Å². The normalized spacial score (nSPS) is 11.1. The lowest BCUT2D eigenvalue weighted by Gasteiger charge is -2.11. The van der Waals surface area contributed by atoms with Gasteiger partial charge in [-0.05, 0) is 56.4 Å². The predicted octanol–water partition coefficient (Wildman–Crippen LogP) is 4.83. The Morgan fingerprint density at radius 1 is 1.03 bits per heavy atom. The van der Waals surface area contributed by atoms with E-state index < -0.39 is 0 Å². The second-order valence-electron chi connectivity index (χ2n) is 8.01. The number of carbonyl (C=O) groups excluding carboxylic acids is 1. The summed E-state index contributed by atoms with van der Waals surface area (Å²) in [4.78, 5) is 17.0. The van der Waals surface area contributed by atoms with Crippen molar-refractivity contribution >= 4 is 11.6 Å². The molecule has 4 rings (SSSR count). The topological polar surface area (TPSA) is 59.3 Å². The lowest BCUT2D eigenvalue weighted by atomic mass is 10.1. The van der Waals surface area contributed by atoms with E-state index in [2.05, 4.69) is 27.5 Å². The lowest BCUT2D eigenvalue weighted by molar-refractivity contribution is -0.121. The van der Waals surface area contributed by atoms with Crippen molar-refractivity contribution in [2.45, 2.75) is 39.5 Å². The van der Waals surface area contributed by atoms with Crippen molar-refractivity contribution in [2.24, 2.45) is 0 Å². The first kappa shape index (κ1) is 21.7. The minimum atomic E-state index is -0.295. The van der Waals surface area contributed by atoms with Crippen LogP contribution in [0.5, 0.6) is 0 Å². The van der Waals surface area contributed by atoms with Crippen LogP contribution in [0.4, 0.5) is 4.39 Å². The van der Waals surface area contributed by atoms with Gasteiger partial charge in [0.15, 0.2) is 5.65 Å². The number of aryl methyl sites for hydroxylation is 3. The number of fused-ring (bicyclic) bond motifs is 1. The standard InChI is InChI=1S/C26H27FN4O/c1-18-23(13-14-26(32)28-15-7-10-20-8-4-3-5-9-20)19(2)31-25(29-18)17-24(30-31)21-11-6-12-22(27)16-21/h3-6,8-9,11-12,16-17H,7,10,13-15H2,1-2H3,(H,28,32). The van der Waals surface area contributed by atoms with Gasteiger partial charge in [0.1, 0.15) is 5.82 Å². The van der Waals surface area contributed by atoms with Crippen LogP contribution in [-0.2, 0) is 17.6 Å². The van der Waals surface area contributed by atoms with Gasteiger partial charge in [-0.15, -0.1) is 0 Å². The molecule has 0 aliphatic rings. The van der Waals surface area contributed by atoms with Gasteiger partial charge in [0.05, 0.1) is 5.69 Å². The Labute approximate surface area is 187 Å². The van der Waals surface area contributed by atoms with Crippen LogP contribution in [0.15, 0.2) is 60.7 Å². The molecule has 32 heavy (non-hydrogen) atoms. The van der Waals surface area contributed by atoms with Crippen molar-refractivity contribution in [3.63, 3.8) is 0 Å². The number of nitrogens with zero attached hydrogens (tertiary/aromatic N) is 3. The second-order valence-corrected chi connectivity index (χ2v) is 8.01. The molecule has 0 bridgehead atoms.